The predicted molar refractivity (Wildman–Crippen MR) is 46.4 cm³/mol. The van der Waals surface area contributed by atoms with Crippen LogP contribution in [0.5, 0.6) is 5.75 Å². The molecule has 5 heteroatoms. The van der Waals surface area contributed by atoms with Gasteiger partial charge >= 0.3 is 0 Å². The van der Waals surface area contributed by atoms with E-state index >= 15 is 0 Å². The molecule has 0 saturated heterocycles. The van der Waals surface area contributed by atoms with Gasteiger partial charge in [0.15, 0.2) is 5.75 Å². The lowest BCUT2D eigenvalue weighted by Gasteiger charge is -2.05. The van der Waals surface area contributed by atoms with Gasteiger partial charge in [-0.05, 0) is 18.9 Å². The molecule has 0 unspecified atom stereocenters. The third kappa shape index (κ3) is 1.81. The molecule has 74 valence electrons. The molecule has 1 aromatic rings. The largest absolute Gasteiger partial charge is 0.486 e. The van der Waals surface area contributed by atoms with Gasteiger partial charge in [-0.3, -0.25) is 4.79 Å². The van der Waals surface area contributed by atoms with E-state index in [1.807, 2.05) is 0 Å². The molecule has 2 rings (SSSR count). The molecule has 2 N–H and O–H groups in total. The fourth-order valence-electron chi connectivity index (χ4n) is 1.01. The Morgan fingerprint density at radius 2 is 2.36 bits per heavy atom. The number of halogens is 1. The van der Waals surface area contributed by atoms with Crippen molar-refractivity contribution >= 4 is 5.91 Å². The molecule has 0 radical (unpaired) electrons. The van der Waals surface area contributed by atoms with Crippen LogP contribution in [-0.4, -0.2) is 17.0 Å². The zero-order valence-corrected chi connectivity index (χ0v) is 7.37. The summed E-state index contributed by atoms with van der Waals surface area (Å²) in [7, 11) is 0. The first kappa shape index (κ1) is 8.93. The van der Waals surface area contributed by atoms with Crippen LogP contribution in [0.4, 0.5) is 4.39 Å². The summed E-state index contributed by atoms with van der Waals surface area (Å²) in [4.78, 5) is 14.2. The van der Waals surface area contributed by atoms with Crippen molar-refractivity contribution in [2.24, 2.45) is 5.73 Å². The standard InChI is InChI=1S/C9H9FN2O2/c10-8-7(14-6-1-2-6)3-5(4-12-8)9(11)13/h3-4,6H,1-2H2,(H2,11,13). The smallest absolute Gasteiger partial charge is 0.255 e. The summed E-state index contributed by atoms with van der Waals surface area (Å²) in [5.41, 5.74) is 5.18. The highest BCUT2D eigenvalue weighted by molar-refractivity contribution is 5.92. The van der Waals surface area contributed by atoms with Crippen LogP contribution >= 0.6 is 0 Å². The molecule has 14 heavy (non-hydrogen) atoms. The Balaban J connectivity index is 2.26. The summed E-state index contributed by atoms with van der Waals surface area (Å²) < 4.78 is 18.2. The van der Waals surface area contributed by atoms with E-state index in [9.17, 15) is 9.18 Å². The molecule has 0 bridgehead atoms. The van der Waals surface area contributed by atoms with Crippen LogP contribution in [0.3, 0.4) is 0 Å². The van der Waals surface area contributed by atoms with E-state index in [2.05, 4.69) is 4.98 Å². The van der Waals surface area contributed by atoms with Crippen molar-refractivity contribution in [1.82, 2.24) is 4.98 Å². The number of rotatable bonds is 3. The summed E-state index contributed by atoms with van der Waals surface area (Å²) in [5, 5.41) is 0. The molecule has 1 amide bonds. The number of hydrogen-bond acceptors (Lipinski definition) is 3. The minimum atomic E-state index is -0.707. The second-order valence-corrected chi connectivity index (χ2v) is 3.19. The minimum Gasteiger partial charge on any atom is -0.486 e. The van der Waals surface area contributed by atoms with E-state index in [0.29, 0.717) is 0 Å². The van der Waals surface area contributed by atoms with Crippen LogP contribution in [0.1, 0.15) is 23.2 Å². The van der Waals surface area contributed by atoms with Gasteiger partial charge in [-0.15, -0.1) is 0 Å². The zero-order valence-electron chi connectivity index (χ0n) is 7.37. The fourth-order valence-corrected chi connectivity index (χ4v) is 1.01. The van der Waals surface area contributed by atoms with E-state index in [1.54, 1.807) is 0 Å². The molecular formula is C9H9FN2O2. The third-order valence-corrected chi connectivity index (χ3v) is 1.91. The number of aromatic nitrogens is 1. The van der Waals surface area contributed by atoms with Gasteiger partial charge in [-0.2, -0.15) is 4.39 Å². The van der Waals surface area contributed by atoms with E-state index in [1.165, 1.54) is 6.07 Å². The van der Waals surface area contributed by atoms with Gasteiger partial charge in [0.05, 0.1) is 11.7 Å². The Hall–Kier alpha value is -1.65. The fraction of sp³-hybridized carbons (Fsp3) is 0.333. The molecule has 1 heterocycles. The van der Waals surface area contributed by atoms with E-state index in [0.717, 1.165) is 19.0 Å². The average molecular weight is 196 g/mol. The molecule has 0 aromatic carbocycles. The highest BCUT2D eigenvalue weighted by atomic mass is 19.1. The Kier molecular flexibility index (Phi) is 2.07. The highest BCUT2D eigenvalue weighted by Gasteiger charge is 2.25. The lowest BCUT2D eigenvalue weighted by Crippen LogP contribution is -2.12. The second kappa shape index (κ2) is 3.25. The quantitative estimate of drug-likeness (QED) is 0.729. The lowest BCUT2D eigenvalue weighted by molar-refractivity contribution is 0.0999. The van der Waals surface area contributed by atoms with Crippen LogP contribution in [0, 0.1) is 5.95 Å². The monoisotopic (exact) mass is 196 g/mol. The van der Waals surface area contributed by atoms with Crippen molar-refractivity contribution in [2.45, 2.75) is 18.9 Å². The topological polar surface area (TPSA) is 65.2 Å². The van der Waals surface area contributed by atoms with Crippen molar-refractivity contribution < 1.29 is 13.9 Å². The van der Waals surface area contributed by atoms with Gasteiger partial charge < -0.3 is 10.5 Å². The highest BCUT2D eigenvalue weighted by Crippen LogP contribution is 2.28. The van der Waals surface area contributed by atoms with Gasteiger partial charge in [-0.25, -0.2) is 4.98 Å². The first-order valence-corrected chi connectivity index (χ1v) is 4.29. The van der Waals surface area contributed by atoms with Crippen molar-refractivity contribution in [3.63, 3.8) is 0 Å². The summed E-state index contributed by atoms with van der Waals surface area (Å²) in [6.07, 6.45) is 2.99. The van der Waals surface area contributed by atoms with Crippen molar-refractivity contribution in [3.05, 3.63) is 23.8 Å². The van der Waals surface area contributed by atoms with E-state index in [4.69, 9.17) is 10.5 Å². The number of nitrogens with two attached hydrogens (primary N) is 1. The van der Waals surface area contributed by atoms with Crippen LogP contribution in [-0.2, 0) is 0 Å². The number of carbonyl (C=O) groups excluding carboxylic acids is 1. The number of hydrogen-bond donors (Lipinski definition) is 1. The second-order valence-electron chi connectivity index (χ2n) is 3.19. The average Bonchev–Trinajstić information content (AvgIpc) is 2.92. The summed E-state index contributed by atoms with van der Waals surface area (Å²) in [6, 6.07) is 1.28. The molecule has 0 spiro atoms. The molecule has 0 atom stereocenters. The molecule has 1 aliphatic rings. The van der Waals surface area contributed by atoms with Crippen molar-refractivity contribution in [3.8, 4) is 5.75 Å². The number of carbonyl (C=O) groups is 1. The first-order chi connectivity index (χ1) is 6.66. The Bertz CT molecular complexity index is 377. The van der Waals surface area contributed by atoms with Crippen LogP contribution in [0.2, 0.25) is 0 Å². The number of pyridine rings is 1. The lowest BCUT2D eigenvalue weighted by atomic mass is 10.2. The Morgan fingerprint density at radius 3 is 2.93 bits per heavy atom. The maximum atomic E-state index is 13.0. The number of amides is 1. The molecule has 1 aromatic heterocycles. The van der Waals surface area contributed by atoms with Gasteiger partial charge in [0, 0.05) is 6.20 Å². The first-order valence-electron chi connectivity index (χ1n) is 4.29. The van der Waals surface area contributed by atoms with Crippen LogP contribution < -0.4 is 10.5 Å². The van der Waals surface area contributed by atoms with Gasteiger partial charge in [0.1, 0.15) is 0 Å². The van der Waals surface area contributed by atoms with Crippen molar-refractivity contribution in [1.29, 1.82) is 0 Å². The molecule has 1 aliphatic carbocycles. The Labute approximate surface area is 79.9 Å². The number of nitrogens with zero attached hydrogens (tertiary/aromatic N) is 1. The molecule has 0 aliphatic heterocycles. The summed E-state index contributed by atoms with van der Waals surface area (Å²) >= 11 is 0. The van der Waals surface area contributed by atoms with Crippen molar-refractivity contribution in [2.75, 3.05) is 0 Å². The van der Waals surface area contributed by atoms with Crippen LogP contribution in [0.15, 0.2) is 12.3 Å². The zero-order chi connectivity index (χ0) is 10.1. The molecule has 1 saturated carbocycles. The third-order valence-electron chi connectivity index (χ3n) is 1.91. The maximum Gasteiger partial charge on any atom is 0.255 e. The normalized spacial score (nSPS) is 15.2. The minimum absolute atomic E-state index is 0.00352. The summed E-state index contributed by atoms with van der Waals surface area (Å²) in [6.45, 7) is 0. The van der Waals surface area contributed by atoms with Gasteiger partial charge in [0.25, 0.3) is 5.95 Å². The van der Waals surface area contributed by atoms with Gasteiger partial charge in [0.2, 0.25) is 5.91 Å². The predicted octanol–water partition coefficient (Wildman–Crippen LogP) is 0.861. The SMILES string of the molecule is NC(=O)c1cnc(F)c(OC2CC2)c1. The molecule has 1 fully saturated rings. The van der Waals surface area contributed by atoms with E-state index < -0.39 is 11.9 Å². The van der Waals surface area contributed by atoms with Gasteiger partial charge in [-0.1, -0.05) is 0 Å². The number of primary amides is 1. The maximum absolute atomic E-state index is 13.0. The number of ether oxygens (including phenoxy) is 1. The molecular weight excluding hydrogens is 187 g/mol. The Morgan fingerprint density at radius 1 is 1.64 bits per heavy atom. The molecule has 4 nitrogen and oxygen atoms in total. The van der Waals surface area contributed by atoms with Crippen LogP contribution in [0.25, 0.3) is 0 Å². The van der Waals surface area contributed by atoms with E-state index in [-0.39, 0.29) is 17.4 Å². The summed E-state index contributed by atoms with van der Waals surface area (Å²) in [5.74, 6) is -1.34.